The zero-order valence-corrected chi connectivity index (χ0v) is 7.65. The number of halogens is 1. The van der Waals surface area contributed by atoms with Gasteiger partial charge in [-0.15, -0.1) is 0 Å². The summed E-state index contributed by atoms with van der Waals surface area (Å²) in [4.78, 5) is 10.4. The summed E-state index contributed by atoms with van der Waals surface area (Å²) in [6.45, 7) is 0. The summed E-state index contributed by atoms with van der Waals surface area (Å²) < 4.78 is 2.59. The predicted octanol–water partition coefficient (Wildman–Crippen LogP) is 1.91. The maximum atomic E-state index is 10.4. The quantitative estimate of drug-likeness (QED) is 0.694. The Bertz CT molecular complexity index is 436. The summed E-state index contributed by atoms with van der Waals surface area (Å²) in [5.74, 6) is 0. The summed E-state index contributed by atoms with van der Waals surface area (Å²) in [7, 11) is 0. The van der Waals surface area contributed by atoms with Crippen molar-refractivity contribution in [2.45, 2.75) is 0 Å². The van der Waals surface area contributed by atoms with Crippen LogP contribution in [-0.4, -0.2) is 15.9 Å². The third kappa shape index (κ3) is 1.04. The number of hydrogen-bond acceptors (Lipinski definition) is 2. The third-order valence-corrected chi connectivity index (χ3v) is 2.24. The van der Waals surface area contributed by atoms with Crippen LogP contribution in [0.25, 0.3) is 5.52 Å². The molecule has 0 saturated heterocycles. The normalized spacial score (nSPS) is 10.4. The summed E-state index contributed by atoms with van der Waals surface area (Å²) in [6.07, 6.45) is 4.19. The van der Waals surface area contributed by atoms with Crippen LogP contribution in [0.2, 0.25) is 0 Å². The van der Waals surface area contributed by atoms with E-state index >= 15 is 0 Å². The van der Waals surface area contributed by atoms with Gasteiger partial charge >= 0.3 is 0 Å². The molecule has 0 saturated carbocycles. The molecule has 0 aliphatic carbocycles. The van der Waals surface area contributed by atoms with E-state index in [1.54, 1.807) is 23.0 Å². The van der Waals surface area contributed by atoms with Gasteiger partial charge in [-0.25, -0.2) is 4.52 Å². The van der Waals surface area contributed by atoms with Crippen molar-refractivity contribution in [3.63, 3.8) is 0 Å². The third-order valence-electron chi connectivity index (χ3n) is 1.63. The topological polar surface area (TPSA) is 34.4 Å². The number of aromatic nitrogens is 2. The van der Waals surface area contributed by atoms with Crippen molar-refractivity contribution in [3.05, 3.63) is 34.6 Å². The minimum absolute atomic E-state index is 0.623. The van der Waals surface area contributed by atoms with Gasteiger partial charge in [-0.3, -0.25) is 4.79 Å². The van der Waals surface area contributed by atoms with Gasteiger partial charge in [-0.1, -0.05) is 0 Å². The van der Waals surface area contributed by atoms with E-state index in [-0.39, 0.29) is 0 Å². The van der Waals surface area contributed by atoms with Crippen LogP contribution < -0.4 is 0 Å². The van der Waals surface area contributed by atoms with Gasteiger partial charge in [0.2, 0.25) is 0 Å². The van der Waals surface area contributed by atoms with Crippen molar-refractivity contribution in [2.24, 2.45) is 0 Å². The smallest absolute Gasteiger partial charge is 0.151 e. The molecular formula is C8H5BrN2O. The molecule has 0 aromatic carbocycles. The zero-order valence-electron chi connectivity index (χ0n) is 6.07. The number of carbonyl (C=O) groups excluding carboxylic acids is 1. The first-order chi connectivity index (χ1) is 5.81. The average Bonchev–Trinajstić information content (AvgIpc) is 2.47. The van der Waals surface area contributed by atoms with E-state index < -0.39 is 0 Å². The monoisotopic (exact) mass is 224 g/mol. The maximum absolute atomic E-state index is 10.4. The Morgan fingerprint density at radius 1 is 1.50 bits per heavy atom. The lowest BCUT2D eigenvalue weighted by Gasteiger charge is -1.93. The highest BCUT2D eigenvalue weighted by Gasteiger charge is 1.99. The van der Waals surface area contributed by atoms with Gasteiger partial charge in [0.25, 0.3) is 0 Å². The first-order valence-electron chi connectivity index (χ1n) is 3.39. The van der Waals surface area contributed by atoms with Crippen LogP contribution in [0, 0.1) is 0 Å². The zero-order chi connectivity index (χ0) is 8.55. The van der Waals surface area contributed by atoms with Gasteiger partial charge in [0.1, 0.15) is 0 Å². The van der Waals surface area contributed by atoms with E-state index in [9.17, 15) is 4.79 Å². The Morgan fingerprint density at radius 2 is 2.33 bits per heavy atom. The van der Waals surface area contributed by atoms with Gasteiger partial charge in [-0.05, 0) is 28.1 Å². The second-order valence-electron chi connectivity index (χ2n) is 2.40. The Morgan fingerprint density at radius 3 is 3.08 bits per heavy atom. The molecule has 3 nitrogen and oxygen atoms in total. The number of hydrogen-bond donors (Lipinski definition) is 0. The fraction of sp³-hybridized carbons (Fsp3) is 0. The fourth-order valence-corrected chi connectivity index (χ4v) is 1.44. The van der Waals surface area contributed by atoms with Crippen LogP contribution >= 0.6 is 15.9 Å². The molecule has 0 radical (unpaired) electrons. The van der Waals surface area contributed by atoms with Gasteiger partial charge in [0.15, 0.2) is 6.29 Å². The van der Waals surface area contributed by atoms with Crippen molar-refractivity contribution in [3.8, 4) is 0 Å². The lowest BCUT2D eigenvalue weighted by Crippen LogP contribution is -1.89. The second-order valence-corrected chi connectivity index (χ2v) is 3.26. The van der Waals surface area contributed by atoms with Gasteiger partial charge in [-0.2, -0.15) is 5.10 Å². The van der Waals surface area contributed by atoms with Crippen molar-refractivity contribution in [1.29, 1.82) is 0 Å². The molecule has 0 N–H and O–H groups in total. The molecule has 2 aromatic heterocycles. The van der Waals surface area contributed by atoms with E-state index in [0.717, 1.165) is 16.3 Å². The number of aldehydes is 1. The largest absolute Gasteiger partial charge is 0.298 e. The highest BCUT2D eigenvalue weighted by molar-refractivity contribution is 9.10. The summed E-state index contributed by atoms with van der Waals surface area (Å²) >= 11 is 3.34. The highest BCUT2D eigenvalue weighted by atomic mass is 79.9. The highest BCUT2D eigenvalue weighted by Crippen LogP contribution is 2.16. The molecule has 2 rings (SSSR count). The van der Waals surface area contributed by atoms with Crippen LogP contribution in [0.4, 0.5) is 0 Å². The Hall–Kier alpha value is -1.16. The van der Waals surface area contributed by atoms with Crippen molar-refractivity contribution in [1.82, 2.24) is 9.61 Å². The minimum atomic E-state index is 0.623. The summed E-state index contributed by atoms with van der Waals surface area (Å²) in [5, 5.41) is 4.04. The summed E-state index contributed by atoms with van der Waals surface area (Å²) in [6, 6.07) is 3.61. The van der Waals surface area contributed by atoms with E-state index in [1.807, 2.05) is 6.07 Å². The fourth-order valence-electron chi connectivity index (χ4n) is 1.04. The van der Waals surface area contributed by atoms with Gasteiger partial charge < -0.3 is 0 Å². The lowest BCUT2D eigenvalue weighted by atomic mass is 10.3. The molecule has 4 heteroatoms. The van der Waals surface area contributed by atoms with Gasteiger partial charge in [0, 0.05) is 11.8 Å². The molecule has 2 aromatic rings. The molecule has 2 heterocycles. The summed E-state index contributed by atoms with van der Waals surface area (Å²) in [5.41, 5.74) is 1.58. The van der Waals surface area contributed by atoms with Crippen molar-refractivity contribution < 1.29 is 4.79 Å². The van der Waals surface area contributed by atoms with E-state index in [1.165, 1.54) is 0 Å². The molecule has 0 unspecified atom stereocenters. The van der Waals surface area contributed by atoms with Crippen LogP contribution in [-0.2, 0) is 0 Å². The molecule has 0 bridgehead atoms. The van der Waals surface area contributed by atoms with Crippen LogP contribution in [0.15, 0.2) is 29.0 Å². The van der Waals surface area contributed by atoms with Crippen LogP contribution in [0.1, 0.15) is 10.4 Å². The number of fused-ring (bicyclic) bond motifs is 1. The number of carbonyl (C=O) groups is 1. The Labute approximate surface area is 77.1 Å². The Kier molecular flexibility index (Phi) is 1.69. The maximum Gasteiger partial charge on any atom is 0.151 e. The molecule has 60 valence electrons. The molecule has 0 spiro atoms. The lowest BCUT2D eigenvalue weighted by molar-refractivity contribution is 0.112. The molecule has 0 amide bonds. The molecule has 0 aliphatic rings. The number of rotatable bonds is 1. The predicted molar refractivity (Wildman–Crippen MR) is 48.3 cm³/mol. The van der Waals surface area contributed by atoms with E-state index in [4.69, 9.17) is 0 Å². The first-order valence-corrected chi connectivity index (χ1v) is 4.18. The average molecular weight is 225 g/mol. The minimum Gasteiger partial charge on any atom is -0.298 e. The SMILES string of the molecule is O=Cc1ccc2c(Br)cnn2c1. The number of pyridine rings is 1. The molecule has 0 fully saturated rings. The Balaban J connectivity index is 2.77. The van der Waals surface area contributed by atoms with Crippen LogP contribution in [0.5, 0.6) is 0 Å². The van der Waals surface area contributed by atoms with Crippen molar-refractivity contribution >= 4 is 27.7 Å². The van der Waals surface area contributed by atoms with Gasteiger partial charge in [0.05, 0.1) is 16.2 Å². The molecule has 0 atom stereocenters. The van der Waals surface area contributed by atoms with Crippen LogP contribution in [0.3, 0.4) is 0 Å². The number of nitrogens with zero attached hydrogens (tertiary/aromatic N) is 2. The van der Waals surface area contributed by atoms with Crippen molar-refractivity contribution in [2.75, 3.05) is 0 Å². The van der Waals surface area contributed by atoms with E-state index in [0.29, 0.717) is 5.56 Å². The second kappa shape index (κ2) is 2.71. The first kappa shape index (κ1) is 7.49. The van der Waals surface area contributed by atoms with E-state index in [2.05, 4.69) is 21.0 Å². The molecule has 12 heavy (non-hydrogen) atoms. The molecular weight excluding hydrogens is 220 g/mol. The molecule has 0 aliphatic heterocycles. The standard InChI is InChI=1S/C8H5BrN2O/c9-7-3-10-11-4-6(5-12)1-2-8(7)11/h1-5H.